The average molecular weight is 250 g/mol. The molecule has 5 nitrogen and oxygen atoms in total. The van der Waals surface area contributed by atoms with E-state index in [0.717, 1.165) is 12.8 Å². The van der Waals surface area contributed by atoms with Crippen LogP contribution in [0, 0.1) is 5.92 Å². The molecule has 1 saturated heterocycles. The fraction of sp³-hybridized carbons (Fsp3) is 1.00. The Balaban J connectivity index is 2.59. The Labute approximate surface area is 98.0 Å². The van der Waals surface area contributed by atoms with E-state index < -0.39 is 10.0 Å². The minimum atomic E-state index is -3.21. The maximum atomic E-state index is 12.0. The molecule has 1 heterocycles. The van der Waals surface area contributed by atoms with Crippen molar-refractivity contribution < 1.29 is 13.2 Å². The Morgan fingerprint density at radius 1 is 1.50 bits per heavy atom. The predicted molar refractivity (Wildman–Crippen MR) is 63.4 cm³/mol. The van der Waals surface area contributed by atoms with Crippen molar-refractivity contribution in [1.29, 1.82) is 0 Å². The highest BCUT2D eigenvalue weighted by molar-refractivity contribution is 7.89. The summed E-state index contributed by atoms with van der Waals surface area (Å²) in [6.07, 6.45) is 2.07. The van der Waals surface area contributed by atoms with Gasteiger partial charge in [0.1, 0.15) is 0 Å². The normalized spacial score (nSPS) is 28.2. The Morgan fingerprint density at radius 2 is 2.19 bits per heavy atom. The van der Waals surface area contributed by atoms with E-state index in [9.17, 15) is 8.42 Å². The number of rotatable bonds is 5. The quantitative estimate of drug-likeness (QED) is 0.716. The van der Waals surface area contributed by atoms with Crippen molar-refractivity contribution >= 4 is 10.0 Å². The van der Waals surface area contributed by atoms with Crippen molar-refractivity contribution in [2.24, 2.45) is 11.7 Å². The molecule has 0 aromatic heterocycles. The van der Waals surface area contributed by atoms with Crippen molar-refractivity contribution in [1.82, 2.24) is 4.31 Å². The van der Waals surface area contributed by atoms with E-state index in [1.165, 1.54) is 4.31 Å². The maximum Gasteiger partial charge on any atom is 0.215 e. The van der Waals surface area contributed by atoms with Crippen LogP contribution in [0.5, 0.6) is 0 Å². The molecule has 2 N–H and O–H groups in total. The fourth-order valence-electron chi connectivity index (χ4n) is 2.00. The monoisotopic (exact) mass is 250 g/mol. The van der Waals surface area contributed by atoms with Gasteiger partial charge in [0.25, 0.3) is 0 Å². The number of methoxy groups -OCH3 is 1. The number of nitrogens with zero attached hydrogens (tertiary/aromatic N) is 1. The molecule has 0 spiro atoms. The summed E-state index contributed by atoms with van der Waals surface area (Å²) in [4.78, 5) is 0. The SMILES string of the molecule is COCCCS(=O)(=O)N1CCCC(C)C1N. The van der Waals surface area contributed by atoms with Gasteiger partial charge in [-0.3, -0.25) is 0 Å². The summed E-state index contributed by atoms with van der Waals surface area (Å²) in [5.74, 6) is 0.368. The summed E-state index contributed by atoms with van der Waals surface area (Å²) in [5.41, 5.74) is 5.93. The molecule has 0 aliphatic carbocycles. The van der Waals surface area contributed by atoms with Crippen LogP contribution in [0.1, 0.15) is 26.2 Å². The van der Waals surface area contributed by atoms with Gasteiger partial charge < -0.3 is 10.5 Å². The number of sulfonamides is 1. The number of hydrogen-bond acceptors (Lipinski definition) is 4. The number of nitrogens with two attached hydrogens (primary N) is 1. The molecule has 2 atom stereocenters. The van der Waals surface area contributed by atoms with Crippen LogP contribution >= 0.6 is 0 Å². The van der Waals surface area contributed by atoms with Gasteiger partial charge in [-0.1, -0.05) is 6.92 Å². The third kappa shape index (κ3) is 3.41. The Bertz CT molecular complexity index is 305. The van der Waals surface area contributed by atoms with Crippen molar-refractivity contribution in [3.05, 3.63) is 0 Å². The van der Waals surface area contributed by atoms with Crippen molar-refractivity contribution in [3.63, 3.8) is 0 Å². The van der Waals surface area contributed by atoms with Gasteiger partial charge in [0.15, 0.2) is 0 Å². The third-order valence-corrected chi connectivity index (χ3v) is 5.01. The van der Waals surface area contributed by atoms with E-state index in [2.05, 4.69) is 0 Å². The molecule has 0 bridgehead atoms. The molecule has 0 saturated carbocycles. The molecule has 16 heavy (non-hydrogen) atoms. The standard InChI is InChI=1S/C10H22N2O3S/c1-9-5-3-6-12(10(9)11)16(13,14)8-4-7-15-2/h9-10H,3-8,11H2,1-2H3. The second kappa shape index (κ2) is 5.95. The van der Waals surface area contributed by atoms with E-state index in [1.807, 2.05) is 6.92 Å². The highest BCUT2D eigenvalue weighted by Gasteiger charge is 2.33. The number of hydrogen-bond donors (Lipinski definition) is 1. The second-order valence-corrected chi connectivity index (χ2v) is 6.42. The fourth-order valence-corrected chi connectivity index (χ4v) is 3.70. The Kier molecular flexibility index (Phi) is 5.17. The number of ether oxygens (including phenoxy) is 1. The van der Waals surface area contributed by atoms with E-state index in [-0.39, 0.29) is 17.8 Å². The van der Waals surface area contributed by atoms with Gasteiger partial charge >= 0.3 is 0 Å². The van der Waals surface area contributed by atoms with E-state index in [1.54, 1.807) is 7.11 Å². The molecule has 1 aliphatic rings. The summed E-state index contributed by atoms with van der Waals surface area (Å²) >= 11 is 0. The Morgan fingerprint density at radius 3 is 2.81 bits per heavy atom. The molecule has 1 fully saturated rings. The maximum absolute atomic E-state index is 12.0. The lowest BCUT2D eigenvalue weighted by Crippen LogP contribution is -2.53. The highest BCUT2D eigenvalue weighted by atomic mass is 32.2. The first-order valence-corrected chi connectivity index (χ1v) is 7.34. The summed E-state index contributed by atoms with van der Waals surface area (Å²) in [7, 11) is -1.64. The van der Waals surface area contributed by atoms with Crippen LogP contribution in [0.15, 0.2) is 0 Å². The Hall–Kier alpha value is -0.170. The van der Waals surface area contributed by atoms with Crippen LogP contribution < -0.4 is 5.73 Å². The molecule has 96 valence electrons. The average Bonchev–Trinajstić information content (AvgIpc) is 2.22. The molecule has 2 unspecified atom stereocenters. The first-order chi connectivity index (χ1) is 7.49. The van der Waals surface area contributed by atoms with Gasteiger partial charge in [-0.25, -0.2) is 8.42 Å². The topological polar surface area (TPSA) is 72.6 Å². The van der Waals surface area contributed by atoms with Gasteiger partial charge in [-0.15, -0.1) is 0 Å². The van der Waals surface area contributed by atoms with Crippen LogP contribution in [-0.2, 0) is 14.8 Å². The lowest BCUT2D eigenvalue weighted by Gasteiger charge is -2.36. The van der Waals surface area contributed by atoms with Crippen LogP contribution in [0.2, 0.25) is 0 Å². The van der Waals surface area contributed by atoms with Crippen molar-refractivity contribution in [2.75, 3.05) is 26.0 Å². The molecular weight excluding hydrogens is 228 g/mol. The summed E-state index contributed by atoms with van der Waals surface area (Å²) in [5, 5.41) is 0. The summed E-state index contributed by atoms with van der Waals surface area (Å²) in [6.45, 7) is 3.03. The van der Waals surface area contributed by atoms with E-state index >= 15 is 0 Å². The smallest absolute Gasteiger partial charge is 0.215 e. The van der Waals surface area contributed by atoms with Gasteiger partial charge in [0, 0.05) is 20.3 Å². The van der Waals surface area contributed by atoms with E-state index in [4.69, 9.17) is 10.5 Å². The molecule has 1 rings (SSSR count). The van der Waals surface area contributed by atoms with Crippen LogP contribution in [0.3, 0.4) is 0 Å². The van der Waals surface area contributed by atoms with Gasteiger partial charge in [-0.05, 0) is 25.2 Å². The van der Waals surface area contributed by atoms with E-state index in [0.29, 0.717) is 19.6 Å². The van der Waals surface area contributed by atoms with Gasteiger partial charge in [0.05, 0.1) is 11.9 Å². The molecule has 0 aromatic rings. The zero-order valence-electron chi connectivity index (χ0n) is 10.1. The highest BCUT2D eigenvalue weighted by Crippen LogP contribution is 2.22. The number of piperidine rings is 1. The zero-order chi connectivity index (χ0) is 12.2. The molecule has 0 radical (unpaired) electrons. The van der Waals surface area contributed by atoms with Crippen LogP contribution in [-0.4, -0.2) is 44.9 Å². The van der Waals surface area contributed by atoms with Crippen molar-refractivity contribution in [2.45, 2.75) is 32.4 Å². The summed E-state index contributed by atoms with van der Waals surface area (Å²) < 4.78 is 30.3. The second-order valence-electron chi connectivity index (χ2n) is 4.38. The van der Waals surface area contributed by atoms with Gasteiger partial charge in [0.2, 0.25) is 10.0 Å². The molecule has 0 amide bonds. The lowest BCUT2D eigenvalue weighted by molar-refractivity contribution is 0.186. The minimum Gasteiger partial charge on any atom is -0.385 e. The summed E-state index contributed by atoms with van der Waals surface area (Å²) in [6, 6.07) is 0. The molecule has 6 heteroatoms. The van der Waals surface area contributed by atoms with Crippen LogP contribution in [0.4, 0.5) is 0 Å². The van der Waals surface area contributed by atoms with Gasteiger partial charge in [-0.2, -0.15) is 4.31 Å². The molecular formula is C10H22N2O3S. The largest absolute Gasteiger partial charge is 0.385 e. The lowest BCUT2D eigenvalue weighted by atomic mass is 9.99. The first kappa shape index (κ1) is 13.9. The predicted octanol–water partition coefficient (Wildman–Crippen LogP) is 0.369. The molecule has 0 aromatic carbocycles. The first-order valence-electron chi connectivity index (χ1n) is 5.73. The van der Waals surface area contributed by atoms with Crippen molar-refractivity contribution in [3.8, 4) is 0 Å². The zero-order valence-corrected chi connectivity index (χ0v) is 10.9. The van der Waals surface area contributed by atoms with Crippen LogP contribution in [0.25, 0.3) is 0 Å². The molecule has 1 aliphatic heterocycles. The third-order valence-electron chi connectivity index (χ3n) is 3.06. The minimum absolute atomic E-state index is 0.126.